The van der Waals surface area contributed by atoms with E-state index < -0.39 is 18.4 Å². The lowest BCUT2D eigenvalue weighted by Crippen LogP contribution is -2.29. The van der Waals surface area contributed by atoms with Crippen LogP contribution >= 0.6 is 0 Å². The van der Waals surface area contributed by atoms with Crippen molar-refractivity contribution in [3.05, 3.63) is 64.7 Å². The molecule has 34 heavy (non-hydrogen) atoms. The standard InChI is InChI=1S/C28H38N2O4/c1-28(2,3)12-14-30-13-5-4-6-15-34-25-11-10-23(27(33)29-19-26(31)32)18-24(25)17-21-8-7-9-22(16-21)20-30/h7-11,16,18H,4-6,12-15,17,19-20H2,1-3H3,(H,29,33)(H,31,32). The van der Waals surface area contributed by atoms with Gasteiger partial charge in [-0.05, 0) is 79.1 Å². The van der Waals surface area contributed by atoms with Gasteiger partial charge < -0.3 is 15.2 Å². The fourth-order valence-electron chi connectivity index (χ4n) is 4.13. The highest BCUT2D eigenvalue weighted by Gasteiger charge is 2.16. The zero-order valence-corrected chi connectivity index (χ0v) is 20.7. The molecular weight excluding hydrogens is 428 g/mol. The van der Waals surface area contributed by atoms with Crippen molar-refractivity contribution in [3.63, 3.8) is 0 Å². The maximum atomic E-state index is 12.4. The van der Waals surface area contributed by atoms with Crippen LogP contribution in [0.2, 0.25) is 0 Å². The van der Waals surface area contributed by atoms with E-state index in [0.29, 0.717) is 24.0 Å². The van der Waals surface area contributed by atoms with Crippen LogP contribution < -0.4 is 10.1 Å². The molecule has 2 aromatic rings. The molecule has 3 rings (SSSR count). The van der Waals surface area contributed by atoms with Gasteiger partial charge in [-0.2, -0.15) is 0 Å². The molecule has 6 nitrogen and oxygen atoms in total. The molecule has 0 saturated heterocycles. The maximum absolute atomic E-state index is 12.4. The van der Waals surface area contributed by atoms with Crippen molar-refractivity contribution in [1.29, 1.82) is 0 Å². The number of hydrogen-bond donors (Lipinski definition) is 2. The number of nitrogens with one attached hydrogen (secondary N) is 1. The third-order valence-electron chi connectivity index (χ3n) is 6.07. The first kappa shape index (κ1) is 25.8. The topological polar surface area (TPSA) is 78.9 Å². The highest BCUT2D eigenvalue weighted by molar-refractivity contribution is 5.96. The Kier molecular flexibility index (Phi) is 9.11. The lowest BCUT2D eigenvalue weighted by Gasteiger charge is -2.27. The molecule has 0 unspecified atom stereocenters. The average molecular weight is 467 g/mol. The Bertz CT molecular complexity index is 981. The van der Waals surface area contributed by atoms with Gasteiger partial charge in [-0.25, -0.2) is 0 Å². The molecular formula is C28H38N2O4. The molecule has 0 saturated carbocycles. The first-order chi connectivity index (χ1) is 16.2. The van der Waals surface area contributed by atoms with E-state index in [1.165, 1.54) is 11.1 Å². The van der Waals surface area contributed by atoms with Gasteiger partial charge in [-0.15, -0.1) is 0 Å². The van der Waals surface area contributed by atoms with E-state index in [2.05, 4.69) is 55.3 Å². The molecule has 2 N–H and O–H groups in total. The van der Waals surface area contributed by atoms with E-state index in [4.69, 9.17) is 9.84 Å². The van der Waals surface area contributed by atoms with Gasteiger partial charge in [0.25, 0.3) is 5.91 Å². The van der Waals surface area contributed by atoms with Gasteiger partial charge in [-0.1, -0.05) is 45.0 Å². The summed E-state index contributed by atoms with van der Waals surface area (Å²) in [5, 5.41) is 11.3. The number of carboxylic acid groups (broad SMARTS) is 1. The minimum absolute atomic E-state index is 0.312. The SMILES string of the molecule is CC(C)(C)CCN1CCCCCOc2ccc(C(=O)NCC(=O)O)cc2Cc2cccc(c2)C1. The van der Waals surface area contributed by atoms with E-state index >= 15 is 0 Å². The van der Waals surface area contributed by atoms with Crippen LogP contribution in [-0.4, -0.2) is 48.1 Å². The number of fused-ring (bicyclic) bond motifs is 3. The summed E-state index contributed by atoms with van der Waals surface area (Å²) in [5.74, 6) is -0.680. The quantitative estimate of drug-likeness (QED) is 0.656. The Morgan fingerprint density at radius 1 is 1.06 bits per heavy atom. The largest absolute Gasteiger partial charge is 0.493 e. The molecule has 1 heterocycles. The molecule has 2 bridgehead atoms. The Morgan fingerprint density at radius 3 is 2.62 bits per heavy atom. The number of benzene rings is 2. The molecule has 0 radical (unpaired) electrons. The lowest BCUT2D eigenvalue weighted by molar-refractivity contribution is -0.135. The molecule has 0 spiro atoms. The van der Waals surface area contributed by atoms with E-state index in [1.807, 2.05) is 12.1 Å². The number of ether oxygens (including phenoxy) is 1. The molecule has 1 amide bonds. The molecule has 2 aromatic carbocycles. The van der Waals surface area contributed by atoms with Crippen LogP contribution in [-0.2, 0) is 17.8 Å². The highest BCUT2D eigenvalue weighted by atomic mass is 16.5. The molecule has 184 valence electrons. The average Bonchev–Trinajstić information content (AvgIpc) is 2.77. The van der Waals surface area contributed by atoms with Crippen LogP contribution in [0.4, 0.5) is 0 Å². The number of carbonyl (C=O) groups excluding carboxylic acids is 1. The highest BCUT2D eigenvalue weighted by Crippen LogP contribution is 2.26. The number of carboxylic acids is 1. The van der Waals surface area contributed by atoms with Crippen LogP contribution in [0.15, 0.2) is 42.5 Å². The van der Waals surface area contributed by atoms with Crippen LogP contribution in [0.5, 0.6) is 5.75 Å². The summed E-state index contributed by atoms with van der Waals surface area (Å²) in [5.41, 5.74) is 4.14. The molecule has 0 aromatic heterocycles. The van der Waals surface area contributed by atoms with Crippen molar-refractivity contribution in [2.45, 2.75) is 59.4 Å². The minimum Gasteiger partial charge on any atom is -0.493 e. The second-order valence-electron chi connectivity index (χ2n) is 10.4. The number of hydrogen-bond acceptors (Lipinski definition) is 4. The van der Waals surface area contributed by atoms with Crippen LogP contribution in [0, 0.1) is 5.41 Å². The van der Waals surface area contributed by atoms with E-state index in [0.717, 1.165) is 56.6 Å². The van der Waals surface area contributed by atoms with Gasteiger partial charge >= 0.3 is 5.97 Å². The van der Waals surface area contributed by atoms with Crippen molar-refractivity contribution < 1.29 is 19.4 Å². The summed E-state index contributed by atoms with van der Waals surface area (Å²) in [6.45, 7) is 10.2. The van der Waals surface area contributed by atoms with Gasteiger partial charge in [-0.3, -0.25) is 14.5 Å². The minimum atomic E-state index is -1.07. The third-order valence-corrected chi connectivity index (χ3v) is 6.07. The second kappa shape index (κ2) is 12.0. The Labute approximate surface area is 203 Å². The fraction of sp³-hybridized carbons (Fsp3) is 0.500. The number of carbonyl (C=O) groups is 2. The lowest BCUT2D eigenvalue weighted by atomic mass is 9.92. The molecule has 1 aliphatic heterocycles. The zero-order chi connectivity index (χ0) is 24.6. The van der Waals surface area contributed by atoms with Crippen molar-refractivity contribution >= 4 is 11.9 Å². The number of rotatable bonds is 5. The summed E-state index contributed by atoms with van der Waals surface area (Å²) < 4.78 is 6.12. The first-order valence-corrected chi connectivity index (χ1v) is 12.3. The predicted molar refractivity (Wildman–Crippen MR) is 134 cm³/mol. The Balaban J connectivity index is 1.83. The molecule has 1 aliphatic rings. The number of amides is 1. The van der Waals surface area contributed by atoms with Gasteiger partial charge in [0.1, 0.15) is 12.3 Å². The molecule has 0 aliphatic carbocycles. The summed E-state index contributed by atoms with van der Waals surface area (Å²) in [7, 11) is 0. The number of aliphatic carboxylic acids is 1. The van der Waals surface area contributed by atoms with Gasteiger partial charge in [0, 0.05) is 18.5 Å². The van der Waals surface area contributed by atoms with Crippen molar-refractivity contribution in [2.75, 3.05) is 26.2 Å². The maximum Gasteiger partial charge on any atom is 0.322 e. The van der Waals surface area contributed by atoms with Crippen molar-refractivity contribution in [3.8, 4) is 5.75 Å². The van der Waals surface area contributed by atoms with Crippen molar-refractivity contribution in [2.24, 2.45) is 5.41 Å². The van der Waals surface area contributed by atoms with E-state index in [-0.39, 0.29) is 0 Å². The second-order valence-corrected chi connectivity index (χ2v) is 10.4. The summed E-state index contributed by atoms with van der Waals surface area (Å²) in [6, 6.07) is 14.0. The monoisotopic (exact) mass is 466 g/mol. The number of nitrogens with zero attached hydrogens (tertiary/aromatic N) is 1. The van der Waals surface area contributed by atoms with Crippen molar-refractivity contribution in [1.82, 2.24) is 10.2 Å². The van der Waals surface area contributed by atoms with Crippen LogP contribution in [0.1, 0.15) is 73.5 Å². The summed E-state index contributed by atoms with van der Waals surface area (Å²) >= 11 is 0. The fourth-order valence-corrected chi connectivity index (χ4v) is 4.13. The van der Waals surface area contributed by atoms with Gasteiger partial charge in [0.2, 0.25) is 0 Å². The van der Waals surface area contributed by atoms with Crippen LogP contribution in [0.25, 0.3) is 0 Å². The smallest absolute Gasteiger partial charge is 0.322 e. The first-order valence-electron chi connectivity index (χ1n) is 12.3. The van der Waals surface area contributed by atoms with Crippen LogP contribution in [0.3, 0.4) is 0 Å². The van der Waals surface area contributed by atoms with E-state index in [1.54, 1.807) is 6.07 Å². The van der Waals surface area contributed by atoms with Gasteiger partial charge in [0.05, 0.1) is 6.61 Å². The molecule has 0 atom stereocenters. The zero-order valence-electron chi connectivity index (χ0n) is 20.7. The molecule has 6 heteroatoms. The van der Waals surface area contributed by atoms with Gasteiger partial charge in [0.15, 0.2) is 0 Å². The Hall–Kier alpha value is -2.86. The Morgan fingerprint density at radius 2 is 1.85 bits per heavy atom. The molecule has 0 fully saturated rings. The van der Waals surface area contributed by atoms with E-state index in [9.17, 15) is 9.59 Å². The summed E-state index contributed by atoms with van der Waals surface area (Å²) in [6.07, 6.45) is 5.04. The normalized spacial score (nSPS) is 15.5. The third kappa shape index (κ3) is 8.49. The summed E-state index contributed by atoms with van der Waals surface area (Å²) in [4.78, 5) is 25.8. The predicted octanol–water partition coefficient (Wildman–Crippen LogP) is 4.89.